The number of thioether (sulfide) groups is 1. The normalized spacial score (nSPS) is 16.5. The summed E-state index contributed by atoms with van der Waals surface area (Å²) >= 11 is 1.34. The van der Waals surface area contributed by atoms with E-state index < -0.39 is 0 Å². The minimum absolute atomic E-state index is 0.0870. The molecule has 1 heterocycles. The highest BCUT2D eigenvalue weighted by molar-refractivity contribution is 8.13. The van der Waals surface area contributed by atoms with Crippen molar-refractivity contribution in [1.29, 1.82) is 5.26 Å². The fourth-order valence-corrected chi connectivity index (χ4v) is 2.39. The van der Waals surface area contributed by atoms with Crippen LogP contribution < -0.4 is 10.6 Å². The maximum Gasteiger partial charge on any atom is 0.252 e. The number of aliphatic imine (C=N–C) groups is 1. The minimum atomic E-state index is -0.345. The Labute approximate surface area is 116 Å². The largest absolute Gasteiger partial charge is 0.343 e. The van der Waals surface area contributed by atoms with Crippen LogP contribution in [0.2, 0.25) is 0 Å². The summed E-state index contributed by atoms with van der Waals surface area (Å²) in [5, 5.41) is 14.5. The lowest BCUT2D eigenvalue weighted by Gasteiger charge is -2.18. The molecule has 6 heteroatoms. The van der Waals surface area contributed by atoms with Crippen LogP contribution in [-0.2, 0) is 5.54 Å². The van der Waals surface area contributed by atoms with Gasteiger partial charge >= 0.3 is 0 Å². The van der Waals surface area contributed by atoms with Gasteiger partial charge in [0.25, 0.3) is 5.91 Å². The molecule has 0 saturated carbocycles. The third kappa shape index (κ3) is 2.56. The Balaban J connectivity index is 2.41. The molecule has 1 aliphatic heterocycles. The van der Waals surface area contributed by atoms with E-state index in [9.17, 15) is 4.79 Å². The van der Waals surface area contributed by atoms with Crippen LogP contribution in [0.3, 0.4) is 0 Å². The highest BCUT2D eigenvalue weighted by Gasteiger charge is 2.34. The zero-order valence-corrected chi connectivity index (χ0v) is 11.8. The quantitative estimate of drug-likeness (QED) is 0.356. The molecule has 98 valence electrons. The molecule has 0 saturated heterocycles. The summed E-state index contributed by atoms with van der Waals surface area (Å²) in [7, 11) is 0. The molecule has 5 nitrogen and oxygen atoms in total. The molecule has 0 aromatic heterocycles. The summed E-state index contributed by atoms with van der Waals surface area (Å²) in [5.74, 6) is -0.0870. The number of hydrogen-bond donors (Lipinski definition) is 2. The van der Waals surface area contributed by atoms with Gasteiger partial charge in [-0.1, -0.05) is 17.8 Å². The Bertz CT molecular complexity index is 601. The number of hydrogen-bond acceptors (Lipinski definition) is 4. The van der Waals surface area contributed by atoms with Gasteiger partial charge in [-0.25, -0.2) is 4.99 Å². The van der Waals surface area contributed by atoms with E-state index in [-0.39, 0.29) is 11.4 Å². The maximum absolute atomic E-state index is 11.9. The van der Waals surface area contributed by atoms with E-state index >= 15 is 0 Å². The summed E-state index contributed by atoms with van der Waals surface area (Å²) in [6.45, 7) is 3.93. The number of amides is 1. The highest BCUT2D eigenvalue weighted by atomic mass is 32.2. The first-order valence-corrected chi connectivity index (χ1v) is 6.95. The SMILES string of the molecule is CSC(=Nc1ccc2c(c1)C(=O)NC2(C)C)NC#N. The Hall–Kier alpha value is -2.00. The van der Waals surface area contributed by atoms with E-state index in [0.717, 1.165) is 5.56 Å². The van der Waals surface area contributed by atoms with Crippen LogP contribution in [0.1, 0.15) is 29.8 Å². The molecule has 1 aromatic rings. The summed E-state index contributed by atoms with van der Waals surface area (Å²) in [6, 6.07) is 5.49. The molecule has 1 aliphatic rings. The van der Waals surface area contributed by atoms with Crippen molar-refractivity contribution in [3.8, 4) is 6.19 Å². The minimum Gasteiger partial charge on any atom is -0.343 e. The van der Waals surface area contributed by atoms with Crippen LogP contribution in [0.5, 0.6) is 0 Å². The number of carbonyl (C=O) groups excluding carboxylic acids is 1. The number of amidine groups is 1. The number of carbonyl (C=O) groups is 1. The van der Waals surface area contributed by atoms with Gasteiger partial charge in [-0.05, 0) is 37.8 Å². The smallest absolute Gasteiger partial charge is 0.252 e. The summed E-state index contributed by atoms with van der Waals surface area (Å²) < 4.78 is 0. The van der Waals surface area contributed by atoms with Gasteiger partial charge in [0, 0.05) is 5.56 Å². The van der Waals surface area contributed by atoms with Gasteiger partial charge in [0.05, 0.1) is 11.2 Å². The van der Waals surface area contributed by atoms with Crippen LogP contribution in [-0.4, -0.2) is 17.3 Å². The molecule has 0 fully saturated rings. The first-order chi connectivity index (χ1) is 8.97. The van der Waals surface area contributed by atoms with Crippen LogP contribution in [0.4, 0.5) is 5.69 Å². The Morgan fingerprint density at radius 2 is 2.26 bits per heavy atom. The van der Waals surface area contributed by atoms with Crippen LogP contribution in [0.25, 0.3) is 0 Å². The molecule has 1 amide bonds. The van der Waals surface area contributed by atoms with Crippen LogP contribution in [0, 0.1) is 11.5 Å². The molecule has 2 rings (SSSR count). The van der Waals surface area contributed by atoms with Gasteiger partial charge in [0.2, 0.25) is 0 Å². The molecule has 0 spiro atoms. The average Bonchev–Trinajstić information content (AvgIpc) is 2.59. The van der Waals surface area contributed by atoms with E-state index in [4.69, 9.17) is 5.26 Å². The average molecular weight is 274 g/mol. The second-order valence-electron chi connectivity index (χ2n) is 4.67. The van der Waals surface area contributed by atoms with Crippen molar-refractivity contribution in [3.05, 3.63) is 29.3 Å². The fraction of sp³-hybridized carbons (Fsp3) is 0.308. The zero-order valence-electron chi connectivity index (χ0n) is 10.9. The summed E-state index contributed by atoms with van der Waals surface area (Å²) in [6.07, 6.45) is 3.66. The van der Waals surface area contributed by atoms with Crippen molar-refractivity contribution in [2.24, 2.45) is 4.99 Å². The molecule has 0 unspecified atom stereocenters. The van der Waals surface area contributed by atoms with Crippen molar-refractivity contribution < 1.29 is 4.79 Å². The summed E-state index contributed by atoms with van der Waals surface area (Å²) in [5.41, 5.74) is 1.92. The molecule has 0 atom stereocenters. The van der Waals surface area contributed by atoms with E-state index in [0.29, 0.717) is 16.4 Å². The lowest BCUT2D eigenvalue weighted by Crippen LogP contribution is -2.32. The number of fused-ring (bicyclic) bond motifs is 1. The number of nitriles is 1. The van der Waals surface area contributed by atoms with E-state index in [2.05, 4.69) is 15.6 Å². The first-order valence-electron chi connectivity index (χ1n) is 5.73. The Kier molecular flexibility index (Phi) is 3.49. The Morgan fingerprint density at radius 3 is 2.89 bits per heavy atom. The molecular weight excluding hydrogens is 260 g/mol. The monoisotopic (exact) mass is 274 g/mol. The molecule has 0 aliphatic carbocycles. The van der Waals surface area contributed by atoms with Crippen molar-refractivity contribution in [1.82, 2.24) is 10.6 Å². The second kappa shape index (κ2) is 4.94. The number of nitrogens with zero attached hydrogens (tertiary/aromatic N) is 2. The lowest BCUT2D eigenvalue weighted by molar-refractivity contribution is 0.0940. The molecule has 19 heavy (non-hydrogen) atoms. The van der Waals surface area contributed by atoms with Gasteiger partial charge in [-0.3, -0.25) is 10.1 Å². The third-order valence-corrected chi connectivity index (χ3v) is 3.51. The predicted molar refractivity (Wildman–Crippen MR) is 76.3 cm³/mol. The van der Waals surface area contributed by atoms with Crippen molar-refractivity contribution in [2.45, 2.75) is 19.4 Å². The summed E-state index contributed by atoms with van der Waals surface area (Å²) in [4.78, 5) is 16.2. The van der Waals surface area contributed by atoms with Gasteiger partial charge in [0.1, 0.15) is 0 Å². The Morgan fingerprint density at radius 1 is 1.53 bits per heavy atom. The zero-order chi connectivity index (χ0) is 14.0. The molecule has 0 bridgehead atoms. The fourth-order valence-electron chi connectivity index (χ4n) is 2.04. The molecule has 2 N–H and O–H groups in total. The van der Waals surface area contributed by atoms with Crippen molar-refractivity contribution in [3.63, 3.8) is 0 Å². The first kappa shape index (κ1) is 13.4. The van der Waals surface area contributed by atoms with Crippen molar-refractivity contribution >= 4 is 28.5 Å². The van der Waals surface area contributed by atoms with Crippen LogP contribution >= 0.6 is 11.8 Å². The second-order valence-corrected chi connectivity index (χ2v) is 5.46. The predicted octanol–water partition coefficient (Wildman–Crippen LogP) is 2.09. The van der Waals surface area contributed by atoms with Gasteiger partial charge in [-0.2, -0.15) is 5.26 Å². The van der Waals surface area contributed by atoms with Gasteiger partial charge in [-0.15, -0.1) is 0 Å². The third-order valence-electron chi connectivity index (χ3n) is 2.93. The standard InChI is InChI=1S/C13H14N4OS/c1-13(2)10-5-4-8(6-9(10)11(18)17-13)16-12(19-3)15-7-14/h4-6H,1-3H3,(H,15,16)(H,17,18). The molecular formula is C13H14N4OS. The maximum atomic E-state index is 11.9. The number of benzene rings is 1. The van der Waals surface area contributed by atoms with Gasteiger partial charge in [0.15, 0.2) is 11.4 Å². The number of nitrogens with one attached hydrogen (secondary N) is 2. The highest BCUT2D eigenvalue weighted by Crippen LogP contribution is 2.32. The topological polar surface area (TPSA) is 77.3 Å². The number of rotatable bonds is 1. The van der Waals surface area contributed by atoms with E-state index in [1.54, 1.807) is 6.07 Å². The van der Waals surface area contributed by atoms with Gasteiger partial charge < -0.3 is 5.32 Å². The van der Waals surface area contributed by atoms with Crippen molar-refractivity contribution in [2.75, 3.05) is 6.26 Å². The molecule has 0 radical (unpaired) electrons. The lowest BCUT2D eigenvalue weighted by atomic mass is 9.94. The molecule has 1 aromatic carbocycles. The van der Waals surface area contributed by atoms with E-state index in [1.807, 2.05) is 38.4 Å². The van der Waals surface area contributed by atoms with Crippen LogP contribution in [0.15, 0.2) is 23.2 Å². The van der Waals surface area contributed by atoms with E-state index in [1.165, 1.54) is 11.8 Å².